The summed E-state index contributed by atoms with van der Waals surface area (Å²) in [4.78, 5) is -0.833. The number of hydrogen-bond donors (Lipinski definition) is 0. The Labute approximate surface area is 189 Å². The molecule has 4 heterocycles. The van der Waals surface area contributed by atoms with E-state index < -0.39 is 0 Å². The van der Waals surface area contributed by atoms with E-state index in [9.17, 15) is 0 Å². The first kappa shape index (κ1) is 27.0. The first-order valence-electron chi connectivity index (χ1n) is 8.04. The van der Waals surface area contributed by atoms with Crippen molar-refractivity contribution >= 4 is 50.5 Å². The van der Waals surface area contributed by atoms with Crippen LogP contribution in [0.4, 0.5) is 0 Å². The van der Waals surface area contributed by atoms with Gasteiger partial charge in [-0.1, -0.05) is 27.7 Å². The number of ether oxygens (including phenoxy) is 4. The van der Waals surface area contributed by atoms with Gasteiger partial charge >= 0.3 is 21.7 Å². The SMILES string of the molecule is CC1OC1(C)[S-].CC1OC1(C)[S-].CC1OC1(C)[S-].CC1OC1(C)[S-].[Ti+4]. The number of hydrogen-bond acceptors (Lipinski definition) is 8. The predicted octanol–water partition coefficient (Wildman–Crippen LogP) is 2.67. The minimum atomic E-state index is -0.208. The van der Waals surface area contributed by atoms with Gasteiger partial charge in [-0.25, -0.2) is 0 Å². The van der Waals surface area contributed by atoms with Crippen LogP contribution in [0.2, 0.25) is 0 Å². The minimum absolute atomic E-state index is 0. The van der Waals surface area contributed by atoms with E-state index in [2.05, 4.69) is 0 Å². The zero-order valence-corrected chi connectivity index (χ0v) is 20.9. The third-order valence-corrected chi connectivity index (χ3v) is 6.08. The third kappa shape index (κ3) is 10.3. The molecule has 9 heteroatoms. The zero-order valence-electron chi connectivity index (χ0n) is 16.1. The van der Waals surface area contributed by atoms with Crippen LogP contribution in [0.1, 0.15) is 55.4 Å². The Balaban J connectivity index is 0.000000303. The Bertz CT molecular complexity index is 366. The third-order valence-electron chi connectivity index (χ3n) is 4.37. The van der Waals surface area contributed by atoms with Crippen LogP contribution in [0, 0.1) is 0 Å². The van der Waals surface area contributed by atoms with Crippen LogP contribution in [0.25, 0.3) is 0 Å². The van der Waals surface area contributed by atoms with Gasteiger partial charge in [-0.3, -0.25) is 0 Å². The van der Waals surface area contributed by atoms with Gasteiger partial charge in [-0.2, -0.15) is 0 Å². The topological polar surface area (TPSA) is 50.1 Å². The molecule has 0 N–H and O–H groups in total. The van der Waals surface area contributed by atoms with Crippen LogP contribution in [-0.4, -0.2) is 44.1 Å². The summed E-state index contributed by atoms with van der Waals surface area (Å²) in [6.45, 7) is 15.6. The Morgan fingerprint density at radius 3 is 0.520 bits per heavy atom. The van der Waals surface area contributed by atoms with E-state index in [1.807, 2.05) is 55.4 Å². The standard InChI is InChI=1S/4C4H8OS.Ti/c4*1-3-4(2,6)5-3;/h4*3,6H,1-2H3;/q;;;;+4/p-4. The van der Waals surface area contributed by atoms with Crippen molar-refractivity contribution < 1.29 is 40.7 Å². The molecule has 4 fully saturated rings. The summed E-state index contributed by atoms with van der Waals surface area (Å²) in [5, 5.41) is 0. The van der Waals surface area contributed by atoms with Crippen molar-refractivity contribution in [2.75, 3.05) is 0 Å². The summed E-state index contributed by atoms with van der Waals surface area (Å²) in [5.74, 6) is 0. The molecule has 4 rings (SSSR count). The molecular weight excluding hydrogens is 432 g/mol. The van der Waals surface area contributed by atoms with Gasteiger partial charge in [0.2, 0.25) is 0 Å². The molecule has 0 bridgehead atoms. The Hall–Kier alpha value is 1.95. The van der Waals surface area contributed by atoms with Crippen molar-refractivity contribution in [2.24, 2.45) is 0 Å². The van der Waals surface area contributed by atoms with E-state index >= 15 is 0 Å². The molecule has 25 heavy (non-hydrogen) atoms. The van der Waals surface area contributed by atoms with Gasteiger partial charge in [0.15, 0.2) is 0 Å². The molecule has 0 aromatic carbocycles. The fourth-order valence-electron chi connectivity index (χ4n) is 1.27. The Kier molecular flexibility index (Phi) is 9.90. The first-order chi connectivity index (χ1) is 10.5. The van der Waals surface area contributed by atoms with Gasteiger partial charge < -0.3 is 69.5 Å². The van der Waals surface area contributed by atoms with Crippen molar-refractivity contribution in [3.05, 3.63) is 0 Å². The molecule has 8 atom stereocenters. The van der Waals surface area contributed by atoms with E-state index in [4.69, 9.17) is 69.5 Å². The van der Waals surface area contributed by atoms with Gasteiger partial charge in [-0.15, -0.1) is 0 Å². The second-order valence-corrected chi connectivity index (χ2v) is 10.3. The molecule has 144 valence electrons. The second-order valence-electron chi connectivity index (χ2n) is 7.10. The molecule has 0 radical (unpaired) electrons. The van der Waals surface area contributed by atoms with E-state index in [0.717, 1.165) is 0 Å². The van der Waals surface area contributed by atoms with Gasteiger partial charge in [0.1, 0.15) is 0 Å². The maximum atomic E-state index is 4.92. The molecule has 4 aliphatic heterocycles. The van der Waals surface area contributed by atoms with E-state index in [-0.39, 0.29) is 41.5 Å². The average Bonchev–Trinajstić information content (AvgIpc) is 3.29. The largest absolute Gasteiger partial charge is 4.00 e. The summed E-state index contributed by atoms with van der Waals surface area (Å²) in [6, 6.07) is 0. The molecule has 0 spiro atoms. The maximum Gasteiger partial charge on any atom is 4.00 e. The molecule has 4 nitrogen and oxygen atoms in total. The molecule has 0 amide bonds. The van der Waals surface area contributed by atoms with E-state index in [1.165, 1.54) is 0 Å². The van der Waals surface area contributed by atoms with Crippen LogP contribution >= 0.6 is 0 Å². The molecular formula is C16H28O4S4Ti. The fourth-order valence-corrected chi connectivity index (χ4v) is 1.85. The summed E-state index contributed by atoms with van der Waals surface area (Å²) in [6.07, 6.45) is 1.25. The smallest absolute Gasteiger partial charge is 0.755 e. The predicted molar refractivity (Wildman–Crippen MR) is 105 cm³/mol. The normalized spacial score (nSPS) is 53.3. The summed E-state index contributed by atoms with van der Waals surface area (Å²) in [5.41, 5.74) is 0. The van der Waals surface area contributed by atoms with Crippen molar-refractivity contribution in [2.45, 2.75) is 99.5 Å². The van der Waals surface area contributed by atoms with E-state index in [0.29, 0.717) is 24.4 Å². The maximum absolute atomic E-state index is 4.92. The molecule has 0 aliphatic carbocycles. The summed E-state index contributed by atoms with van der Waals surface area (Å²) < 4.78 is 19.7. The monoisotopic (exact) mass is 460 g/mol. The first-order valence-corrected chi connectivity index (χ1v) is 9.67. The van der Waals surface area contributed by atoms with Crippen LogP contribution in [-0.2, 0) is 91.2 Å². The van der Waals surface area contributed by atoms with Gasteiger partial charge in [0, 0.05) is 0 Å². The Morgan fingerprint density at radius 2 is 0.520 bits per heavy atom. The molecule has 0 aromatic heterocycles. The molecule has 0 saturated carbocycles. The fraction of sp³-hybridized carbons (Fsp3) is 1.00. The van der Waals surface area contributed by atoms with Crippen molar-refractivity contribution in [3.8, 4) is 0 Å². The molecule has 0 aromatic rings. The summed E-state index contributed by atoms with van der Waals surface area (Å²) >= 11 is 19.4. The van der Waals surface area contributed by atoms with Gasteiger partial charge in [0.05, 0.1) is 24.4 Å². The summed E-state index contributed by atoms with van der Waals surface area (Å²) in [7, 11) is 0. The Morgan fingerprint density at radius 1 is 0.480 bits per heavy atom. The van der Waals surface area contributed by atoms with Gasteiger partial charge in [0.25, 0.3) is 0 Å². The van der Waals surface area contributed by atoms with E-state index in [1.54, 1.807) is 0 Å². The van der Waals surface area contributed by atoms with Gasteiger partial charge in [-0.05, 0) is 47.4 Å². The average molecular weight is 461 g/mol. The second kappa shape index (κ2) is 9.18. The van der Waals surface area contributed by atoms with Crippen LogP contribution < -0.4 is 0 Å². The quantitative estimate of drug-likeness (QED) is 0.311. The molecule has 4 saturated heterocycles. The van der Waals surface area contributed by atoms with Crippen LogP contribution in [0.3, 0.4) is 0 Å². The van der Waals surface area contributed by atoms with Crippen LogP contribution in [0.5, 0.6) is 0 Å². The minimum Gasteiger partial charge on any atom is -0.755 e. The zero-order chi connectivity index (χ0) is 19.1. The van der Waals surface area contributed by atoms with Crippen molar-refractivity contribution in [1.82, 2.24) is 0 Å². The van der Waals surface area contributed by atoms with Crippen molar-refractivity contribution in [1.29, 1.82) is 0 Å². The molecule has 4 aliphatic rings. The van der Waals surface area contributed by atoms with Crippen LogP contribution in [0.15, 0.2) is 0 Å². The number of epoxide rings is 4. The molecule has 8 unspecified atom stereocenters. The number of rotatable bonds is 0. The van der Waals surface area contributed by atoms with Crippen molar-refractivity contribution in [3.63, 3.8) is 0 Å².